The minimum absolute atomic E-state index is 0.199. The number of aromatic amines is 1. The van der Waals surface area contributed by atoms with Gasteiger partial charge in [0.05, 0.1) is 16.6 Å². The van der Waals surface area contributed by atoms with Gasteiger partial charge in [-0.15, -0.1) is 0 Å². The highest BCUT2D eigenvalue weighted by Crippen LogP contribution is 2.48. The standard InChI is InChI=1S/C32H30N2/c1-31(2)16-17-32(3,4)26-19-27-24(18-25(26)31)22-14-15-23-21-12-8-9-13-28(21)34(30(23)29(22)33-27)20-10-6-5-7-11-20/h5-15,18-19,33H,16-17H2,1-4H3. The SMILES string of the molecule is CC1(C)CCC(C)(C)c2cc3c(cc21)[nH]c1c3ccc2c3ccccc3n(-c3ccccc3)c21. The van der Waals surface area contributed by atoms with Gasteiger partial charge in [0, 0.05) is 32.7 Å². The lowest BCUT2D eigenvalue weighted by atomic mass is 9.63. The predicted molar refractivity (Wildman–Crippen MR) is 145 cm³/mol. The summed E-state index contributed by atoms with van der Waals surface area (Å²) in [6.07, 6.45) is 2.46. The second-order valence-corrected chi connectivity index (χ2v) is 11.4. The van der Waals surface area contributed by atoms with Crippen molar-refractivity contribution in [2.75, 3.05) is 0 Å². The zero-order valence-corrected chi connectivity index (χ0v) is 20.4. The van der Waals surface area contributed by atoms with Gasteiger partial charge in [-0.2, -0.15) is 0 Å². The van der Waals surface area contributed by atoms with E-state index in [-0.39, 0.29) is 10.8 Å². The van der Waals surface area contributed by atoms with Gasteiger partial charge in [-0.25, -0.2) is 0 Å². The number of hydrogen-bond donors (Lipinski definition) is 1. The second-order valence-electron chi connectivity index (χ2n) is 11.4. The highest BCUT2D eigenvalue weighted by Gasteiger charge is 2.37. The van der Waals surface area contributed by atoms with Crippen LogP contribution in [-0.2, 0) is 10.8 Å². The molecule has 0 radical (unpaired) electrons. The van der Waals surface area contributed by atoms with Gasteiger partial charge in [-0.1, -0.05) is 76.2 Å². The van der Waals surface area contributed by atoms with Gasteiger partial charge < -0.3 is 9.55 Å². The Labute approximate surface area is 200 Å². The van der Waals surface area contributed by atoms with Crippen molar-refractivity contribution < 1.29 is 0 Å². The van der Waals surface area contributed by atoms with E-state index in [1.54, 1.807) is 0 Å². The quantitative estimate of drug-likeness (QED) is 0.263. The molecule has 0 bridgehead atoms. The molecule has 168 valence electrons. The number of para-hydroxylation sites is 2. The summed E-state index contributed by atoms with van der Waals surface area (Å²) in [5, 5.41) is 5.24. The number of rotatable bonds is 1. The average molecular weight is 443 g/mol. The van der Waals surface area contributed by atoms with Crippen LogP contribution in [0.5, 0.6) is 0 Å². The molecule has 2 aromatic heterocycles. The van der Waals surface area contributed by atoms with Crippen LogP contribution in [0.2, 0.25) is 0 Å². The Hall–Kier alpha value is -3.52. The van der Waals surface area contributed by atoms with Crippen molar-refractivity contribution in [3.8, 4) is 5.69 Å². The number of fused-ring (bicyclic) bond motifs is 8. The maximum absolute atomic E-state index is 3.89. The summed E-state index contributed by atoms with van der Waals surface area (Å²) in [5.41, 5.74) is 9.59. The van der Waals surface area contributed by atoms with Gasteiger partial charge in [0.25, 0.3) is 0 Å². The molecule has 34 heavy (non-hydrogen) atoms. The third-order valence-corrected chi connectivity index (χ3v) is 8.39. The van der Waals surface area contributed by atoms with Gasteiger partial charge in [-0.3, -0.25) is 0 Å². The van der Waals surface area contributed by atoms with E-state index in [2.05, 4.69) is 116 Å². The van der Waals surface area contributed by atoms with Gasteiger partial charge >= 0.3 is 0 Å². The highest BCUT2D eigenvalue weighted by molar-refractivity contribution is 6.22. The second kappa shape index (κ2) is 6.54. The maximum atomic E-state index is 3.89. The van der Waals surface area contributed by atoms with E-state index in [0.29, 0.717) is 0 Å². The Balaban J connectivity index is 1.66. The zero-order chi connectivity index (χ0) is 23.2. The molecular formula is C32H30N2. The van der Waals surface area contributed by atoms with Crippen LogP contribution >= 0.6 is 0 Å². The molecule has 0 atom stereocenters. The summed E-state index contributed by atoms with van der Waals surface area (Å²) in [7, 11) is 0. The molecular weight excluding hydrogens is 412 g/mol. The fraction of sp³-hybridized carbons (Fsp3) is 0.250. The monoisotopic (exact) mass is 442 g/mol. The van der Waals surface area contributed by atoms with Gasteiger partial charge in [0.2, 0.25) is 0 Å². The number of hydrogen-bond acceptors (Lipinski definition) is 0. The van der Waals surface area contributed by atoms with E-state index in [0.717, 1.165) is 0 Å². The topological polar surface area (TPSA) is 20.7 Å². The van der Waals surface area contributed by atoms with Gasteiger partial charge in [-0.05, 0) is 65.1 Å². The predicted octanol–water partition coefficient (Wildman–Crippen LogP) is 8.77. The van der Waals surface area contributed by atoms with Crippen LogP contribution in [0.25, 0.3) is 49.3 Å². The molecule has 1 N–H and O–H groups in total. The average Bonchev–Trinajstić information content (AvgIpc) is 3.37. The minimum atomic E-state index is 0.199. The molecule has 0 fully saturated rings. The first-order valence-corrected chi connectivity index (χ1v) is 12.4. The van der Waals surface area contributed by atoms with Crippen LogP contribution < -0.4 is 0 Å². The molecule has 0 saturated heterocycles. The van der Waals surface area contributed by atoms with Crippen molar-refractivity contribution in [3.05, 3.63) is 90.0 Å². The summed E-state index contributed by atoms with van der Waals surface area (Å²) < 4.78 is 2.43. The molecule has 4 aromatic carbocycles. The van der Waals surface area contributed by atoms with Crippen molar-refractivity contribution in [1.82, 2.24) is 9.55 Å². The van der Waals surface area contributed by atoms with Crippen LogP contribution in [0.3, 0.4) is 0 Å². The molecule has 1 aliphatic carbocycles. The summed E-state index contributed by atoms with van der Waals surface area (Å²) in [4.78, 5) is 3.89. The van der Waals surface area contributed by atoms with Crippen LogP contribution in [0.15, 0.2) is 78.9 Å². The highest BCUT2D eigenvalue weighted by atomic mass is 15.0. The number of aromatic nitrogens is 2. The Morgan fingerprint density at radius 1 is 0.647 bits per heavy atom. The third kappa shape index (κ3) is 2.57. The van der Waals surface area contributed by atoms with Crippen LogP contribution in [0.4, 0.5) is 0 Å². The summed E-state index contributed by atoms with van der Waals surface area (Å²) in [6.45, 7) is 9.63. The summed E-state index contributed by atoms with van der Waals surface area (Å²) >= 11 is 0. The molecule has 2 heteroatoms. The van der Waals surface area contributed by atoms with E-state index in [1.165, 1.54) is 73.3 Å². The van der Waals surface area contributed by atoms with Crippen molar-refractivity contribution in [2.45, 2.75) is 51.4 Å². The van der Waals surface area contributed by atoms with Crippen molar-refractivity contribution >= 4 is 43.6 Å². The lowest BCUT2D eigenvalue weighted by molar-refractivity contribution is 0.332. The van der Waals surface area contributed by atoms with Gasteiger partial charge in [0.15, 0.2) is 0 Å². The Morgan fingerprint density at radius 2 is 1.29 bits per heavy atom. The largest absolute Gasteiger partial charge is 0.353 e. The fourth-order valence-electron chi connectivity index (χ4n) is 6.33. The Bertz CT molecular complexity index is 1740. The Morgan fingerprint density at radius 3 is 2.06 bits per heavy atom. The van der Waals surface area contributed by atoms with Crippen molar-refractivity contribution in [1.29, 1.82) is 0 Å². The smallest absolute Gasteiger partial charge is 0.0783 e. The molecule has 0 amide bonds. The van der Waals surface area contributed by atoms with Crippen LogP contribution in [-0.4, -0.2) is 9.55 Å². The molecule has 1 aliphatic rings. The first kappa shape index (κ1) is 19.9. The number of benzene rings is 4. The number of nitrogens with one attached hydrogen (secondary N) is 1. The van der Waals surface area contributed by atoms with Crippen molar-refractivity contribution in [2.24, 2.45) is 0 Å². The van der Waals surface area contributed by atoms with E-state index in [1.807, 2.05) is 0 Å². The molecule has 2 heterocycles. The number of nitrogens with zero attached hydrogens (tertiary/aromatic N) is 1. The first-order chi connectivity index (χ1) is 16.4. The van der Waals surface area contributed by atoms with Gasteiger partial charge in [0.1, 0.15) is 0 Å². The molecule has 0 unspecified atom stereocenters. The van der Waals surface area contributed by atoms with E-state index in [4.69, 9.17) is 0 Å². The van der Waals surface area contributed by atoms with Crippen molar-refractivity contribution in [3.63, 3.8) is 0 Å². The molecule has 0 spiro atoms. The van der Waals surface area contributed by atoms with E-state index >= 15 is 0 Å². The summed E-state index contributed by atoms with van der Waals surface area (Å²) in [5.74, 6) is 0. The molecule has 7 rings (SSSR count). The number of H-pyrrole nitrogens is 1. The third-order valence-electron chi connectivity index (χ3n) is 8.39. The fourth-order valence-corrected chi connectivity index (χ4v) is 6.33. The van der Waals surface area contributed by atoms with Crippen LogP contribution in [0.1, 0.15) is 51.7 Å². The van der Waals surface area contributed by atoms with E-state index < -0.39 is 0 Å². The zero-order valence-electron chi connectivity index (χ0n) is 20.4. The minimum Gasteiger partial charge on any atom is -0.353 e. The molecule has 0 saturated carbocycles. The lowest BCUT2D eigenvalue weighted by Crippen LogP contribution is -2.33. The summed E-state index contributed by atoms with van der Waals surface area (Å²) in [6, 6.07) is 29.1. The van der Waals surface area contributed by atoms with E-state index in [9.17, 15) is 0 Å². The molecule has 2 nitrogen and oxygen atoms in total. The first-order valence-electron chi connectivity index (χ1n) is 12.4. The van der Waals surface area contributed by atoms with Crippen LogP contribution in [0, 0.1) is 0 Å². The Kier molecular flexibility index (Phi) is 3.83. The lowest BCUT2D eigenvalue weighted by Gasteiger charge is -2.41. The normalized spacial score (nSPS) is 17.1. The maximum Gasteiger partial charge on any atom is 0.0783 e. The molecule has 0 aliphatic heterocycles. The molecule has 6 aromatic rings.